The van der Waals surface area contributed by atoms with Crippen molar-refractivity contribution in [3.63, 3.8) is 0 Å². The maximum Gasteiger partial charge on any atom is 0.242 e. The van der Waals surface area contributed by atoms with E-state index in [2.05, 4.69) is 43.5 Å². The van der Waals surface area contributed by atoms with Crippen LogP contribution in [0.3, 0.4) is 0 Å². The first kappa shape index (κ1) is 18.2. The molecule has 3 rings (SSSR count). The molecule has 0 aliphatic heterocycles. The van der Waals surface area contributed by atoms with Crippen LogP contribution in [-0.2, 0) is 11.3 Å². The summed E-state index contributed by atoms with van der Waals surface area (Å²) in [5, 5.41) is 0. The number of carbonyl (C=O) groups is 1. The number of fused-ring (bicyclic) bond motifs is 1. The Balaban J connectivity index is 2.03. The summed E-state index contributed by atoms with van der Waals surface area (Å²) >= 11 is 0. The average Bonchev–Trinajstić information content (AvgIpc) is 3.00. The summed E-state index contributed by atoms with van der Waals surface area (Å²) in [6.45, 7) is 8.23. The van der Waals surface area contributed by atoms with Gasteiger partial charge in [0.15, 0.2) is 0 Å². The van der Waals surface area contributed by atoms with Crippen LogP contribution in [0.25, 0.3) is 22.4 Å². The molecule has 0 saturated heterocycles. The molecule has 0 atom stereocenters. The lowest BCUT2D eigenvalue weighted by Crippen LogP contribution is -2.35. The van der Waals surface area contributed by atoms with Gasteiger partial charge in [-0.3, -0.25) is 4.79 Å². The Bertz CT molecular complexity index is 891. The van der Waals surface area contributed by atoms with Crippen LogP contribution >= 0.6 is 0 Å². The number of carbonyl (C=O) groups excluding carboxylic acids is 1. The normalized spacial score (nSPS) is 11.0. The zero-order chi connectivity index (χ0) is 18.5. The molecule has 0 aliphatic carbocycles. The fourth-order valence-corrected chi connectivity index (χ4v) is 3.38. The maximum atomic E-state index is 13.0. The summed E-state index contributed by atoms with van der Waals surface area (Å²) in [7, 11) is 0. The number of hydrogen-bond donors (Lipinski definition) is 0. The predicted octanol–water partition coefficient (Wildman–Crippen LogP) is 4.66. The fourth-order valence-electron chi connectivity index (χ4n) is 3.38. The monoisotopic (exact) mass is 349 g/mol. The Labute approximate surface area is 155 Å². The number of rotatable bonds is 7. The molecule has 4 nitrogen and oxygen atoms in total. The molecule has 0 fully saturated rings. The summed E-state index contributed by atoms with van der Waals surface area (Å²) in [6.07, 6.45) is 1.95. The maximum absolute atomic E-state index is 13.0. The first-order valence-corrected chi connectivity index (χ1v) is 9.44. The van der Waals surface area contributed by atoms with Crippen LogP contribution in [0.1, 0.15) is 32.3 Å². The van der Waals surface area contributed by atoms with Gasteiger partial charge in [-0.15, -0.1) is 0 Å². The molecule has 1 amide bonds. The number of para-hydroxylation sites is 2. The predicted molar refractivity (Wildman–Crippen MR) is 107 cm³/mol. The van der Waals surface area contributed by atoms with Crippen molar-refractivity contribution in [2.24, 2.45) is 0 Å². The third-order valence-corrected chi connectivity index (χ3v) is 4.56. The van der Waals surface area contributed by atoms with E-state index in [1.807, 2.05) is 35.2 Å². The number of hydrogen-bond acceptors (Lipinski definition) is 2. The van der Waals surface area contributed by atoms with E-state index in [0.29, 0.717) is 6.54 Å². The molecule has 0 saturated carbocycles. The lowest BCUT2D eigenvalue weighted by Gasteiger charge is -2.22. The smallest absolute Gasteiger partial charge is 0.242 e. The second kappa shape index (κ2) is 8.17. The number of aromatic nitrogens is 2. The second-order valence-electron chi connectivity index (χ2n) is 6.76. The third-order valence-electron chi connectivity index (χ3n) is 4.56. The van der Waals surface area contributed by atoms with Crippen LogP contribution in [0.4, 0.5) is 0 Å². The summed E-state index contributed by atoms with van der Waals surface area (Å²) in [6, 6.07) is 16.3. The van der Waals surface area contributed by atoms with E-state index in [9.17, 15) is 4.79 Å². The highest BCUT2D eigenvalue weighted by molar-refractivity contribution is 5.84. The van der Waals surface area contributed by atoms with Crippen molar-refractivity contribution in [1.29, 1.82) is 0 Å². The first-order valence-electron chi connectivity index (χ1n) is 9.44. The minimum atomic E-state index is 0.158. The largest absolute Gasteiger partial charge is 0.341 e. The van der Waals surface area contributed by atoms with E-state index in [0.717, 1.165) is 48.4 Å². The Morgan fingerprint density at radius 1 is 1.04 bits per heavy atom. The first-order chi connectivity index (χ1) is 12.6. The van der Waals surface area contributed by atoms with Gasteiger partial charge in [-0.2, -0.15) is 0 Å². The van der Waals surface area contributed by atoms with Crippen molar-refractivity contribution in [3.05, 3.63) is 54.1 Å². The number of amides is 1. The van der Waals surface area contributed by atoms with E-state index < -0.39 is 0 Å². The lowest BCUT2D eigenvalue weighted by molar-refractivity contribution is -0.131. The van der Waals surface area contributed by atoms with Crippen LogP contribution in [0, 0.1) is 6.92 Å². The van der Waals surface area contributed by atoms with Gasteiger partial charge >= 0.3 is 0 Å². The van der Waals surface area contributed by atoms with Gasteiger partial charge in [-0.25, -0.2) is 4.98 Å². The molecule has 1 heterocycles. The van der Waals surface area contributed by atoms with Gasteiger partial charge in [-0.05, 0) is 38.0 Å². The molecule has 0 unspecified atom stereocenters. The Hall–Kier alpha value is -2.62. The van der Waals surface area contributed by atoms with Gasteiger partial charge in [-0.1, -0.05) is 49.7 Å². The highest BCUT2D eigenvalue weighted by atomic mass is 16.2. The van der Waals surface area contributed by atoms with Crippen LogP contribution in [0.15, 0.2) is 48.5 Å². The molecular formula is C22H27N3O. The van der Waals surface area contributed by atoms with E-state index in [-0.39, 0.29) is 5.91 Å². The molecular weight excluding hydrogens is 322 g/mol. The van der Waals surface area contributed by atoms with Crippen molar-refractivity contribution in [2.75, 3.05) is 13.1 Å². The molecule has 26 heavy (non-hydrogen) atoms. The number of nitrogens with zero attached hydrogens (tertiary/aromatic N) is 3. The van der Waals surface area contributed by atoms with E-state index in [1.165, 1.54) is 5.56 Å². The van der Waals surface area contributed by atoms with Gasteiger partial charge in [0.25, 0.3) is 0 Å². The van der Waals surface area contributed by atoms with Crippen molar-refractivity contribution in [3.8, 4) is 11.4 Å². The van der Waals surface area contributed by atoms with Crippen LogP contribution in [0.5, 0.6) is 0 Å². The molecule has 0 spiro atoms. The number of imidazole rings is 1. The quantitative estimate of drug-likeness (QED) is 0.622. The van der Waals surface area contributed by atoms with Gasteiger partial charge in [0.1, 0.15) is 12.4 Å². The summed E-state index contributed by atoms with van der Waals surface area (Å²) in [5.41, 5.74) is 4.16. The summed E-state index contributed by atoms with van der Waals surface area (Å²) in [5.74, 6) is 1.02. The summed E-state index contributed by atoms with van der Waals surface area (Å²) < 4.78 is 2.06. The molecule has 0 bridgehead atoms. The minimum absolute atomic E-state index is 0.158. The van der Waals surface area contributed by atoms with Crippen LogP contribution in [-0.4, -0.2) is 33.4 Å². The molecule has 0 N–H and O–H groups in total. The average molecular weight is 349 g/mol. The highest BCUT2D eigenvalue weighted by Gasteiger charge is 2.18. The summed E-state index contributed by atoms with van der Waals surface area (Å²) in [4.78, 5) is 19.7. The van der Waals surface area contributed by atoms with E-state index in [4.69, 9.17) is 4.98 Å². The number of aryl methyl sites for hydroxylation is 1. The van der Waals surface area contributed by atoms with Gasteiger partial charge in [0.2, 0.25) is 5.91 Å². The molecule has 4 heteroatoms. The zero-order valence-electron chi connectivity index (χ0n) is 15.9. The standard InChI is InChI=1S/C22H27N3O/c1-4-13-24(14-5-2)21(26)16-25-20-12-7-6-11-19(20)23-22(25)18-10-8-9-17(3)15-18/h6-12,15H,4-5,13-14,16H2,1-3H3. The minimum Gasteiger partial charge on any atom is -0.341 e. The molecule has 0 aliphatic rings. The number of benzene rings is 2. The van der Waals surface area contributed by atoms with Crippen LogP contribution in [0.2, 0.25) is 0 Å². The lowest BCUT2D eigenvalue weighted by atomic mass is 10.1. The topological polar surface area (TPSA) is 38.1 Å². The molecule has 2 aromatic carbocycles. The Kier molecular flexibility index (Phi) is 5.71. The van der Waals surface area contributed by atoms with Gasteiger partial charge in [0.05, 0.1) is 11.0 Å². The van der Waals surface area contributed by atoms with Gasteiger partial charge in [0, 0.05) is 18.7 Å². The Morgan fingerprint density at radius 3 is 2.46 bits per heavy atom. The zero-order valence-corrected chi connectivity index (χ0v) is 15.9. The van der Waals surface area contributed by atoms with Crippen molar-refractivity contribution >= 4 is 16.9 Å². The third kappa shape index (κ3) is 3.79. The fraction of sp³-hybridized carbons (Fsp3) is 0.364. The highest BCUT2D eigenvalue weighted by Crippen LogP contribution is 2.25. The van der Waals surface area contributed by atoms with E-state index in [1.54, 1.807) is 0 Å². The molecule has 136 valence electrons. The second-order valence-corrected chi connectivity index (χ2v) is 6.76. The SMILES string of the molecule is CCCN(CCC)C(=O)Cn1c(-c2cccc(C)c2)nc2ccccc21. The van der Waals surface area contributed by atoms with Crippen molar-refractivity contribution in [2.45, 2.75) is 40.2 Å². The van der Waals surface area contributed by atoms with Crippen LogP contribution < -0.4 is 0 Å². The van der Waals surface area contributed by atoms with Crippen molar-refractivity contribution < 1.29 is 4.79 Å². The van der Waals surface area contributed by atoms with Crippen molar-refractivity contribution in [1.82, 2.24) is 14.5 Å². The molecule has 3 aromatic rings. The van der Waals surface area contributed by atoms with Gasteiger partial charge < -0.3 is 9.47 Å². The molecule has 0 radical (unpaired) electrons. The van der Waals surface area contributed by atoms with E-state index >= 15 is 0 Å². The molecule has 1 aromatic heterocycles. The Morgan fingerprint density at radius 2 is 1.77 bits per heavy atom.